The topological polar surface area (TPSA) is 84.6 Å². The number of benzene rings is 2. The standard InChI is InChI=1S/C24H24N6O2/c31-28-21-3-1-2-19(14-21)20-5-4-18-6-8-30(22(18)15-20)24-16-23(26-17-27-24)25-7-9-29-10-12-32-13-11-29/h1-6,8,14-17H,7,9-13H2,(H,25,26,27). The van der Waals surface area contributed by atoms with Crippen LogP contribution in [0.5, 0.6) is 0 Å². The minimum atomic E-state index is 0.418. The first kappa shape index (κ1) is 20.3. The van der Waals surface area contributed by atoms with Gasteiger partial charge in [0.05, 0.1) is 18.7 Å². The van der Waals surface area contributed by atoms with E-state index in [0.717, 1.165) is 73.1 Å². The Labute approximate surface area is 185 Å². The highest BCUT2D eigenvalue weighted by Crippen LogP contribution is 2.29. The molecule has 0 atom stereocenters. The van der Waals surface area contributed by atoms with Crippen LogP contribution in [0, 0.1) is 4.91 Å². The van der Waals surface area contributed by atoms with Gasteiger partial charge in [-0.15, -0.1) is 4.91 Å². The van der Waals surface area contributed by atoms with Gasteiger partial charge in [0, 0.05) is 43.8 Å². The maximum Gasteiger partial charge on any atom is 0.142 e. The summed E-state index contributed by atoms with van der Waals surface area (Å²) in [5, 5.41) is 7.57. The van der Waals surface area contributed by atoms with Crippen molar-refractivity contribution in [1.29, 1.82) is 0 Å². The summed E-state index contributed by atoms with van der Waals surface area (Å²) >= 11 is 0. The molecule has 0 radical (unpaired) electrons. The maximum atomic E-state index is 10.9. The zero-order valence-corrected chi connectivity index (χ0v) is 17.6. The van der Waals surface area contributed by atoms with Crippen LogP contribution < -0.4 is 5.32 Å². The third-order valence-corrected chi connectivity index (χ3v) is 5.72. The van der Waals surface area contributed by atoms with E-state index in [9.17, 15) is 4.91 Å². The highest BCUT2D eigenvalue weighted by atomic mass is 16.5. The second-order valence-corrected chi connectivity index (χ2v) is 7.74. The number of ether oxygens (including phenoxy) is 1. The van der Waals surface area contributed by atoms with Gasteiger partial charge in [0.2, 0.25) is 0 Å². The van der Waals surface area contributed by atoms with Gasteiger partial charge in [0.15, 0.2) is 0 Å². The van der Waals surface area contributed by atoms with Crippen LogP contribution in [0.3, 0.4) is 0 Å². The smallest absolute Gasteiger partial charge is 0.142 e. The van der Waals surface area contributed by atoms with Crippen molar-refractivity contribution in [2.45, 2.75) is 0 Å². The van der Waals surface area contributed by atoms with Crippen molar-refractivity contribution in [3.63, 3.8) is 0 Å². The number of rotatable bonds is 7. The lowest BCUT2D eigenvalue weighted by molar-refractivity contribution is 0.0398. The molecule has 0 saturated carbocycles. The van der Waals surface area contributed by atoms with E-state index in [1.807, 2.05) is 24.4 Å². The second-order valence-electron chi connectivity index (χ2n) is 7.74. The molecule has 0 aliphatic carbocycles. The first-order valence-electron chi connectivity index (χ1n) is 10.7. The van der Waals surface area contributed by atoms with Crippen LogP contribution in [0.4, 0.5) is 11.5 Å². The van der Waals surface area contributed by atoms with Crippen molar-refractivity contribution in [3.8, 4) is 16.9 Å². The van der Waals surface area contributed by atoms with Gasteiger partial charge < -0.3 is 14.6 Å². The predicted molar refractivity (Wildman–Crippen MR) is 126 cm³/mol. The van der Waals surface area contributed by atoms with Gasteiger partial charge >= 0.3 is 0 Å². The molecule has 5 rings (SSSR count). The van der Waals surface area contributed by atoms with E-state index in [4.69, 9.17) is 4.74 Å². The summed E-state index contributed by atoms with van der Waals surface area (Å²) in [7, 11) is 0. The molecule has 0 amide bonds. The highest BCUT2D eigenvalue weighted by molar-refractivity contribution is 5.87. The number of hydrogen-bond acceptors (Lipinski definition) is 7. The Morgan fingerprint density at radius 3 is 2.75 bits per heavy atom. The summed E-state index contributed by atoms with van der Waals surface area (Å²) in [6.45, 7) is 5.31. The van der Waals surface area contributed by atoms with Gasteiger partial charge in [-0.3, -0.25) is 4.90 Å². The van der Waals surface area contributed by atoms with Crippen molar-refractivity contribution < 1.29 is 4.74 Å². The number of hydrogen-bond donors (Lipinski definition) is 1. The molecule has 2 aromatic carbocycles. The largest absolute Gasteiger partial charge is 0.379 e. The van der Waals surface area contributed by atoms with Crippen LogP contribution in [-0.4, -0.2) is 58.8 Å². The van der Waals surface area contributed by atoms with Crippen molar-refractivity contribution in [2.24, 2.45) is 5.18 Å². The molecule has 3 heterocycles. The number of anilines is 1. The van der Waals surface area contributed by atoms with Crippen LogP contribution in [-0.2, 0) is 4.74 Å². The maximum absolute atomic E-state index is 10.9. The highest BCUT2D eigenvalue weighted by Gasteiger charge is 2.11. The van der Waals surface area contributed by atoms with Crippen LogP contribution in [0.25, 0.3) is 27.8 Å². The third kappa shape index (κ3) is 4.37. The molecule has 8 nitrogen and oxygen atoms in total. The third-order valence-electron chi connectivity index (χ3n) is 5.72. The fraction of sp³-hybridized carbons (Fsp3) is 0.250. The molecule has 2 aromatic heterocycles. The lowest BCUT2D eigenvalue weighted by Gasteiger charge is -2.26. The summed E-state index contributed by atoms with van der Waals surface area (Å²) in [5.41, 5.74) is 3.41. The number of morpholine rings is 1. The summed E-state index contributed by atoms with van der Waals surface area (Å²) in [6, 6.07) is 17.6. The molecule has 1 aliphatic rings. The summed E-state index contributed by atoms with van der Waals surface area (Å²) in [5.74, 6) is 1.59. The fourth-order valence-corrected chi connectivity index (χ4v) is 3.99. The number of nitrogens with zero attached hydrogens (tertiary/aromatic N) is 5. The summed E-state index contributed by atoms with van der Waals surface area (Å²) in [4.78, 5) is 22.2. The first-order valence-corrected chi connectivity index (χ1v) is 10.7. The summed E-state index contributed by atoms with van der Waals surface area (Å²) in [6.07, 6.45) is 3.60. The molecule has 162 valence electrons. The lowest BCUT2D eigenvalue weighted by atomic mass is 10.0. The van der Waals surface area contributed by atoms with Crippen LogP contribution >= 0.6 is 0 Å². The molecule has 32 heavy (non-hydrogen) atoms. The number of aromatic nitrogens is 3. The average molecular weight is 428 g/mol. The van der Waals surface area contributed by atoms with Crippen molar-refractivity contribution >= 4 is 22.4 Å². The van der Waals surface area contributed by atoms with E-state index < -0.39 is 0 Å². The zero-order valence-electron chi connectivity index (χ0n) is 17.6. The van der Waals surface area contributed by atoms with Gasteiger partial charge in [-0.2, -0.15) is 0 Å². The van der Waals surface area contributed by atoms with Crippen LogP contribution in [0.15, 0.2) is 72.3 Å². The quantitative estimate of drug-likeness (QED) is 0.444. The molecule has 0 bridgehead atoms. The van der Waals surface area contributed by atoms with E-state index in [1.54, 1.807) is 18.5 Å². The molecule has 1 N–H and O–H groups in total. The molecular weight excluding hydrogens is 404 g/mol. The van der Waals surface area contributed by atoms with Gasteiger partial charge in [-0.1, -0.05) is 24.3 Å². The predicted octanol–water partition coefficient (Wildman–Crippen LogP) is 4.23. The van der Waals surface area contributed by atoms with E-state index in [-0.39, 0.29) is 0 Å². The fourth-order valence-electron chi connectivity index (χ4n) is 3.99. The Balaban J connectivity index is 1.38. The lowest BCUT2D eigenvalue weighted by Crippen LogP contribution is -2.39. The molecule has 4 aromatic rings. The minimum absolute atomic E-state index is 0.418. The van der Waals surface area contributed by atoms with E-state index >= 15 is 0 Å². The van der Waals surface area contributed by atoms with E-state index in [0.29, 0.717) is 5.69 Å². The Hall–Kier alpha value is -3.62. The Morgan fingerprint density at radius 1 is 1.00 bits per heavy atom. The number of fused-ring (bicyclic) bond motifs is 1. The minimum Gasteiger partial charge on any atom is -0.379 e. The van der Waals surface area contributed by atoms with Crippen LogP contribution in [0.2, 0.25) is 0 Å². The van der Waals surface area contributed by atoms with Gasteiger partial charge in [-0.05, 0) is 40.6 Å². The van der Waals surface area contributed by atoms with Gasteiger partial charge in [0.1, 0.15) is 23.7 Å². The average Bonchev–Trinajstić information content (AvgIpc) is 3.28. The second kappa shape index (κ2) is 9.25. The number of nitroso groups, excluding NO2 is 1. The van der Waals surface area contributed by atoms with E-state index in [1.165, 1.54) is 0 Å². The monoisotopic (exact) mass is 428 g/mol. The normalized spacial score (nSPS) is 14.5. The molecule has 1 fully saturated rings. The Bertz CT molecular complexity index is 1230. The SMILES string of the molecule is O=Nc1cccc(-c2ccc3ccn(-c4cc(NCCN5CCOCC5)ncn4)c3c2)c1. The number of nitrogens with one attached hydrogen (secondary N) is 1. The van der Waals surface area contributed by atoms with Crippen molar-refractivity contribution in [1.82, 2.24) is 19.4 Å². The Morgan fingerprint density at radius 2 is 1.88 bits per heavy atom. The summed E-state index contributed by atoms with van der Waals surface area (Å²) < 4.78 is 7.45. The molecule has 8 heteroatoms. The molecule has 1 aliphatic heterocycles. The molecular formula is C24H24N6O2. The molecule has 1 saturated heterocycles. The van der Waals surface area contributed by atoms with Crippen molar-refractivity contribution in [3.05, 3.63) is 72.0 Å². The Kier molecular flexibility index (Phi) is 5.87. The molecule has 0 spiro atoms. The van der Waals surface area contributed by atoms with Crippen LogP contribution in [0.1, 0.15) is 0 Å². The van der Waals surface area contributed by atoms with Crippen molar-refractivity contribution in [2.75, 3.05) is 44.7 Å². The van der Waals surface area contributed by atoms with Gasteiger partial charge in [0.25, 0.3) is 0 Å². The zero-order chi connectivity index (χ0) is 21.8. The van der Waals surface area contributed by atoms with Gasteiger partial charge in [-0.25, -0.2) is 9.97 Å². The first-order chi connectivity index (χ1) is 15.8. The molecule has 0 unspecified atom stereocenters. The van der Waals surface area contributed by atoms with E-state index in [2.05, 4.69) is 54.2 Å².